The molecular formula is C19H21FN2O5. The van der Waals surface area contributed by atoms with Crippen molar-refractivity contribution in [3.8, 4) is 11.5 Å². The van der Waals surface area contributed by atoms with Crippen molar-refractivity contribution < 1.29 is 28.2 Å². The number of amides is 1. The summed E-state index contributed by atoms with van der Waals surface area (Å²) in [6.45, 7) is 1.64. The van der Waals surface area contributed by atoms with Crippen LogP contribution in [0.3, 0.4) is 0 Å². The SMILES string of the molecule is COc1ccc(CNC(=O)[C@H](C)OC(=O)c2ccc(F)cc2N)cc1OC. The van der Waals surface area contributed by atoms with Crippen LogP contribution in [-0.2, 0) is 16.1 Å². The van der Waals surface area contributed by atoms with E-state index in [1.54, 1.807) is 18.2 Å². The third-order valence-corrected chi connectivity index (χ3v) is 3.80. The average molecular weight is 376 g/mol. The summed E-state index contributed by atoms with van der Waals surface area (Å²) in [4.78, 5) is 24.2. The first-order chi connectivity index (χ1) is 12.8. The van der Waals surface area contributed by atoms with Gasteiger partial charge in [-0.1, -0.05) is 6.07 Å². The molecule has 0 unspecified atom stereocenters. The van der Waals surface area contributed by atoms with Crippen LogP contribution in [0.5, 0.6) is 11.5 Å². The highest BCUT2D eigenvalue weighted by atomic mass is 19.1. The van der Waals surface area contributed by atoms with Gasteiger partial charge in [-0.25, -0.2) is 9.18 Å². The van der Waals surface area contributed by atoms with E-state index in [2.05, 4.69) is 5.32 Å². The number of hydrogen-bond donors (Lipinski definition) is 2. The highest BCUT2D eigenvalue weighted by Gasteiger charge is 2.20. The van der Waals surface area contributed by atoms with E-state index < -0.39 is 23.8 Å². The number of nitrogens with one attached hydrogen (secondary N) is 1. The van der Waals surface area contributed by atoms with Crippen molar-refractivity contribution in [3.63, 3.8) is 0 Å². The van der Waals surface area contributed by atoms with Gasteiger partial charge in [-0.05, 0) is 42.8 Å². The number of rotatable bonds is 7. The molecule has 2 aromatic carbocycles. The van der Waals surface area contributed by atoms with Gasteiger partial charge in [-0.3, -0.25) is 4.79 Å². The van der Waals surface area contributed by atoms with Gasteiger partial charge in [0.05, 0.1) is 19.8 Å². The number of methoxy groups -OCH3 is 2. The quantitative estimate of drug-likeness (QED) is 0.568. The van der Waals surface area contributed by atoms with E-state index in [0.29, 0.717) is 11.5 Å². The fourth-order valence-corrected chi connectivity index (χ4v) is 2.32. The summed E-state index contributed by atoms with van der Waals surface area (Å²) in [7, 11) is 3.05. The number of nitrogens with two attached hydrogens (primary N) is 1. The van der Waals surface area contributed by atoms with E-state index in [-0.39, 0.29) is 17.8 Å². The Morgan fingerprint density at radius 1 is 1.11 bits per heavy atom. The van der Waals surface area contributed by atoms with Gasteiger partial charge in [0, 0.05) is 12.2 Å². The number of esters is 1. The standard InChI is InChI=1S/C19H21FN2O5/c1-11(27-19(24)14-6-5-13(20)9-15(14)21)18(23)22-10-12-4-7-16(25-2)17(8-12)26-3/h4-9,11H,10,21H2,1-3H3,(H,22,23)/t11-/m0/s1. The lowest BCUT2D eigenvalue weighted by Crippen LogP contribution is -2.35. The van der Waals surface area contributed by atoms with E-state index >= 15 is 0 Å². The number of benzene rings is 2. The molecule has 2 aromatic rings. The molecule has 0 saturated heterocycles. The predicted molar refractivity (Wildman–Crippen MR) is 97.1 cm³/mol. The molecular weight excluding hydrogens is 355 g/mol. The van der Waals surface area contributed by atoms with E-state index in [9.17, 15) is 14.0 Å². The first-order valence-corrected chi connectivity index (χ1v) is 8.10. The summed E-state index contributed by atoms with van der Waals surface area (Å²) in [5.41, 5.74) is 6.31. The summed E-state index contributed by atoms with van der Waals surface area (Å²) >= 11 is 0. The van der Waals surface area contributed by atoms with Crippen molar-refractivity contribution >= 4 is 17.6 Å². The Labute approximate surface area is 156 Å². The molecule has 0 heterocycles. The van der Waals surface area contributed by atoms with Gasteiger partial charge in [-0.2, -0.15) is 0 Å². The van der Waals surface area contributed by atoms with Crippen LogP contribution in [0.2, 0.25) is 0 Å². The fraction of sp³-hybridized carbons (Fsp3) is 0.263. The highest BCUT2D eigenvalue weighted by Crippen LogP contribution is 2.27. The molecule has 3 N–H and O–H groups in total. The molecule has 0 saturated carbocycles. The van der Waals surface area contributed by atoms with Gasteiger partial charge in [0.1, 0.15) is 5.82 Å². The molecule has 7 nitrogen and oxygen atoms in total. The maximum Gasteiger partial charge on any atom is 0.341 e. The third kappa shape index (κ3) is 5.10. The van der Waals surface area contributed by atoms with Crippen LogP contribution >= 0.6 is 0 Å². The van der Waals surface area contributed by atoms with E-state index in [0.717, 1.165) is 17.7 Å². The number of carbonyl (C=O) groups excluding carboxylic acids is 2. The molecule has 2 rings (SSSR count). The second-order valence-electron chi connectivity index (χ2n) is 5.69. The van der Waals surface area contributed by atoms with Crippen LogP contribution in [0.25, 0.3) is 0 Å². The van der Waals surface area contributed by atoms with E-state index in [4.69, 9.17) is 19.9 Å². The number of anilines is 1. The van der Waals surface area contributed by atoms with Crippen LogP contribution in [0.1, 0.15) is 22.8 Å². The zero-order valence-electron chi connectivity index (χ0n) is 15.2. The van der Waals surface area contributed by atoms with Crippen LogP contribution in [-0.4, -0.2) is 32.2 Å². The Hall–Kier alpha value is -3.29. The lowest BCUT2D eigenvalue weighted by molar-refractivity contribution is -0.129. The van der Waals surface area contributed by atoms with Crippen molar-refractivity contribution in [2.75, 3.05) is 20.0 Å². The minimum absolute atomic E-state index is 0.00376. The topological polar surface area (TPSA) is 99.9 Å². The minimum Gasteiger partial charge on any atom is -0.493 e. The van der Waals surface area contributed by atoms with Gasteiger partial charge >= 0.3 is 5.97 Å². The number of carbonyl (C=O) groups is 2. The molecule has 144 valence electrons. The Morgan fingerprint density at radius 3 is 2.44 bits per heavy atom. The second kappa shape index (κ2) is 8.88. The van der Waals surface area contributed by atoms with Crippen LogP contribution in [0.15, 0.2) is 36.4 Å². The summed E-state index contributed by atoms with van der Waals surface area (Å²) in [6.07, 6.45) is -1.05. The van der Waals surface area contributed by atoms with Crippen LogP contribution in [0.4, 0.5) is 10.1 Å². The van der Waals surface area contributed by atoms with Gasteiger partial charge in [0.2, 0.25) is 0 Å². The summed E-state index contributed by atoms with van der Waals surface area (Å²) in [5, 5.41) is 2.66. The largest absolute Gasteiger partial charge is 0.493 e. The van der Waals surface area contributed by atoms with Crippen molar-refractivity contribution in [3.05, 3.63) is 53.3 Å². The summed E-state index contributed by atoms with van der Waals surface area (Å²) in [5.74, 6) is -0.743. The fourth-order valence-electron chi connectivity index (χ4n) is 2.32. The maximum absolute atomic E-state index is 13.1. The Morgan fingerprint density at radius 2 is 1.81 bits per heavy atom. The van der Waals surface area contributed by atoms with E-state index in [1.165, 1.54) is 27.2 Å². The minimum atomic E-state index is -1.05. The predicted octanol–water partition coefficient (Wildman–Crippen LogP) is 2.29. The molecule has 0 fully saturated rings. The molecule has 0 aliphatic carbocycles. The first-order valence-electron chi connectivity index (χ1n) is 8.10. The lowest BCUT2D eigenvalue weighted by atomic mass is 10.2. The van der Waals surface area contributed by atoms with Crippen molar-refractivity contribution in [2.24, 2.45) is 0 Å². The molecule has 1 amide bonds. The van der Waals surface area contributed by atoms with Gasteiger partial charge in [0.15, 0.2) is 17.6 Å². The molecule has 27 heavy (non-hydrogen) atoms. The summed E-state index contributed by atoms with van der Waals surface area (Å²) in [6, 6.07) is 8.54. The van der Waals surface area contributed by atoms with Gasteiger partial charge in [0.25, 0.3) is 5.91 Å². The summed E-state index contributed by atoms with van der Waals surface area (Å²) < 4.78 is 28.5. The smallest absolute Gasteiger partial charge is 0.341 e. The molecule has 1 atom stereocenters. The van der Waals surface area contributed by atoms with Crippen molar-refractivity contribution in [1.82, 2.24) is 5.32 Å². The Kier molecular flexibility index (Phi) is 6.59. The van der Waals surface area contributed by atoms with Gasteiger partial charge in [-0.15, -0.1) is 0 Å². The number of nitrogen functional groups attached to an aromatic ring is 1. The zero-order valence-corrected chi connectivity index (χ0v) is 15.2. The highest BCUT2D eigenvalue weighted by molar-refractivity contribution is 5.96. The van der Waals surface area contributed by atoms with Crippen molar-refractivity contribution in [2.45, 2.75) is 19.6 Å². The third-order valence-electron chi connectivity index (χ3n) is 3.80. The Balaban J connectivity index is 1.94. The molecule has 0 aliphatic rings. The molecule has 0 aliphatic heterocycles. The molecule has 0 radical (unpaired) electrons. The monoisotopic (exact) mass is 376 g/mol. The molecule has 0 aromatic heterocycles. The maximum atomic E-state index is 13.1. The van der Waals surface area contributed by atoms with Crippen LogP contribution in [0, 0.1) is 5.82 Å². The molecule has 0 spiro atoms. The number of hydrogen-bond acceptors (Lipinski definition) is 6. The average Bonchev–Trinajstić information content (AvgIpc) is 2.65. The first kappa shape index (κ1) is 20.0. The molecule has 0 bridgehead atoms. The Bertz CT molecular complexity index is 841. The second-order valence-corrected chi connectivity index (χ2v) is 5.69. The molecule has 8 heteroatoms. The number of halogens is 1. The number of ether oxygens (including phenoxy) is 3. The normalized spacial score (nSPS) is 11.4. The zero-order chi connectivity index (χ0) is 20.0. The van der Waals surface area contributed by atoms with E-state index in [1.807, 2.05) is 0 Å². The lowest BCUT2D eigenvalue weighted by Gasteiger charge is -2.15. The van der Waals surface area contributed by atoms with Crippen LogP contribution < -0.4 is 20.5 Å². The van der Waals surface area contributed by atoms with Crippen molar-refractivity contribution in [1.29, 1.82) is 0 Å². The van der Waals surface area contributed by atoms with Gasteiger partial charge < -0.3 is 25.3 Å².